The van der Waals surface area contributed by atoms with Crippen molar-refractivity contribution in [1.29, 1.82) is 0 Å². The minimum atomic E-state index is -0.0384. The van der Waals surface area contributed by atoms with E-state index < -0.39 is 0 Å². The van der Waals surface area contributed by atoms with E-state index in [0.717, 1.165) is 16.9 Å². The standard InChI is InChI=1S/C21H22N2O3/c24-20(23-12-17-11-22-21(25)18(17)13-23)10-16-8-4-5-9-19(16)26-14-15-6-2-1-3-7-15/h1-9,17-18H,10-14H2,(H,22,25)/t17-,18+/m0/s1. The summed E-state index contributed by atoms with van der Waals surface area (Å²) in [5.41, 5.74) is 1.97. The van der Waals surface area contributed by atoms with Gasteiger partial charge in [-0.15, -0.1) is 0 Å². The zero-order chi connectivity index (χ0) is 17.9. The van der Waals surface area contributed by atoms with Crippen LogP contribution in [0.5, 0.6) is 5.75 Å². The molecule has 0 unspecified atom stereocenters. The number of benzene rings is 2. The van der Waals surface area contributed by atoms with Gasteiger partial charge in [-0.05, 0) is 11.6 Å². The van der Waals surface area contributed by atoms with E-state index in [4.69, 9.17) is 4.74 Å². The maximum Gasteiger partial charge on any atom is 0.227 e. The molecule has 4 rings (SSSR count). The molecule has 0 radical (unpaired) electrons. The van der Waals surface area contributed by atoms with Gasteiger partial charge in [-0.2, -0.15) is 0 Å². The lowest BCUT2D eigenvalue weighted by Crippen LogP contribution is -2.34. The molecule has 26 heavy (non-hydrogen) atoms. The van der Waals surface area contributed by atoms with E-state index in [1.54, 1.807) is 0 Å². The highest BCUT2D eigenvalue weighted by Crippen LogP contribution is 2.28. The molecule has 5 nitrogen and oxygen atoms in total. The summed E-state index contributed by atoms with van der Waals surface area (Å²) in [6, 6.07) is 17.6. The number of para-hydroxylation sites is 1. The Morgan fingerprint density at radius 2 is 1.85 bits per heavy atom. The average Bonchev–Trinajstić information content (AvgIpc) is 3.24. The van der Waals surface area contributed by atoms with Gasteiger partial charge >= 0.3 is 0 Å². The number of likely N-dealkylation sites (tertiary alicyclic amines) is 1. The van der Waals surface area contributed by atoms with Crippen molar-refractivity contribution in [2.45, 2.75) is 13.0 Å². The van der Waals surface area contributed by atoms with Gasteiger partial charge < -0.3 is 15.0 Å². The lowest BCUT2D eigenvalue weighted by atomic mass is 10.0. The Morgan fingerprint density at radius 3 is 2.65 bits per heavy atom. The van der Waals surface area contributed by atoms with Crippen LogP contribution in [0.15, 0.2) is 54.6 Å². The number of nitrogens with zero attached hydrogens (tertiary/aromatic N) is 1. The van der Waals surface area contributed by atoms with Crippen molar-refractivity contribution in [3.63, 3.8) is 0 Å². The molecule has 5 heteroatoms. The van der Waals surface area contributed by atoms with Crippen LogP contribution in [0, 0.1) is 11.8 Å². The number of hydrogen-bond acceptors (Lipinski definition) is 3. The number of fused-ring (bicyclic) bond motifs is 1. The monoisotopic (exact) mass is 350 g/mol. The average molecular weight is 350 g/mol. The predicted octanol–water partition coefficient (Wildman–Crippen LogP) is 2.01. The molecule has 2 heterocycles. The Kier molecular flexibility index (Phi) is 4.61. The van der Waals surface area contributed by atoms with E-state index in [1.165, 1.54) is 0 Å². The molecule has 2 atom stereocenters. The topological polar surface area (TPSA) is 58.6 Å². The van der Waals surface area contributed by atoms with Crippen molar-refractivity contribution in [1.82, 2.24) is 10.2 Å². The van der Waals surface area contributed by atoms with Gasteiger partial charge in [0.25, 0.3) is 0 Å². The van der Waals surface area contributed by atoms with E-state index in [2.05, 4.69) is 5.32 Å². The summed E-state index contributed by atoms with van der Waals surface area (Å²) in [7, 11) is 0. The number of carbonyl (C=O) groups is 2. The molecule has 2 aromatic rings. The second-order valence-electron chi connectivity index (χ2n) is 6.97. The molecule has 0 aliphatic carbocycles. The van der Waals surface area contributed by atoms with Crippen LogP contribution in [0.25, 0.3) is 0 Å². The second-order valence-corrected chi connectivity index (χ2v) is 6.97. The van der Waals surface area contributed by atoms with Crippen LogP contribution in [0.2, 0.25) is 0 Å². The second kappa shape index (κ2) is 7.20. The van der Waals surface area contributed by atoms with Gasteiger partial charge in [0.05, 0.1) is 12.3 Å². The first kappa shape index (κ1) is 16.6. The minimum absolute atomic E-state index is 0.0384. The number of nitrogens with one attached hydrogen (secondary N) is 1. The van der Waals surface area contributed by atoms with Gasteiger partial charge in [-0.25, -0.2) is 0 Å². The number of carbonyl (C=O) groups excluding carboxylic acids is 2. The summed E-state index contributed by atoms with van der Waals surface area (Å²) in [4.78, 5) is 26.3. The first-order valence-corrected chi connectivity index (χ1v) is 9.01. The molecular weight excluding hydrogens is 328 g/mol. The molecule has 2 aliphatic heterocycles. The third-order valence-electron chi connectivity index (χ3n) is 5.22. The van der Waals surface area contributed by atoms with Crippen LogP contribution in [0.3, 0.4) is 0 Å². The molecule has 0 spiro atoms. The quantitative estimate of drug-likeness (QED) is 0.897. The molecule has 0 aromatic heterocycles. The fourth-order valence-electron chi connectivity index (χ4n) is 3.74. The van der Waals surface area contributed by atoms with Crippen LogP contribution >= 0.6 is 0 Å². The zero-order valence-corrected chi connectivity index (χ0v) is 14.6. The minimum Gasteiger partial charge on any atom is -0.489 e. The normalized spacial score (nSPS) is 21.4. The van der Waals surface area contributed by atoms with Gasteiger partial charge in [0.2, 0.25) is 11.8 Å². The zero-order valence-electron chi connectivity index (χ0n) is 14.6. The SMILES string of the molecule is O=C1NC[C@H]2CN(C(=O)Cc3ccccc3OCc3ccccc3)C[C@@H]12. The maximum atomic E-state index is 12.7. The highest BCUT2D eigenvalue weighted by atomic mass is 16.5. The number of ether oxygens (including phenoxy) is 1. The number of rotatable bonds is 5. The lowest BCUT2D eigenvalue weighted by Gasteiger charge is -2.18. The highest BCUT2D eigenvalue weighted by molar-refractivity contribution is 5.85. The smallest absolute Gasteiger partial charge is 0.227 e. The fourth-order valence-corrected chi connectivity index (χ4v) is 3.74. The van der Waals surface area contributed by atoms with Crippen LogP contribution in [0.1, 0.15) is 11.1 Å². The van der Waals surface area contributed by atoms with E-state index in [-0.39, 0.29) is 23.7 Å². The third kappa shape index (κ3) is 3.43. The molecule has 2 fully saturated rings. The van der Waals surface area contributed by atoms with E-state index >= 15 is 0 Å². The van der Waals surface area contributed by atoms with E-state index in [1.807, 2.05) is 59.5 Å². The van der Waals surface area contributed by atoms with Crippen LogP contribution in [-0.4, -0.2) is 36.3 Å². The first-order chi connectivity index (χ1) is 12.7. The first-order valence-electron chi connectivity index (χ1n) is 9.01. The van der Waals surface area contributed by atoms with Gasteiger partial charge in [0.1, 0.15) is 12.4 Å². The summed E-state index contributed by atoms with van der Waals surface area (Å²) in [5.74, 6) is 1.10. The van der Waals surface area contributed by atoms with Crippen LogP contribution in [-0.2, 0) is 22.6 Å². The van der Waals surface area contributed by atoms with Gasteiger partial charge in [0, 0.05) is 31.1 Å². The third-order valence-corrected chi connectivity index (χ3v) is 5.22. The molecule has 2 saturated heterocycles. The van der Waals surface area contributed by atoms with Crippen molar-refractivity contribution >= 4 is 11.8 Å². The molecule has 1 N–H and O–H groups in total. The van der Waals surface area contributed by atoms with Crippen molar-refractivity contribution in [3.8, 4) is 5.75 Å². The summed E-state index contributed by atoms with van der Waals surface area (Å²) in [6.07, 6.45) is 0.298. The summed E-state index contributed by atoms with van der Waals surface area (Å²) < 4.78 is 5.94. The van der Waals surface area contributed by atoms with Crippen molar-refractivity contribution < 1.29 is 14.3 Å². The summed E-state index contributed by atoms with van der Waals surface area (Å²) in [6.45, 7) is 2.35. The van der Waals surface area contributed by atoms with Crippen LogP contribution in [0.4, 0.5) is 0 Å². The lowest BCUT2D eigenvalue weighted by molar-refractivity contribution is -0.130. The van der Waals surface area contributed by atoms with E-state index in [9.17, 15) is 9.59 Å². The molecule has 2 aromatic carbocycles. The van der Waals surface area contributed by atoms with Crippen molar-refractivity contribution in [2.24, 2.45) is 11.8 Å². The Morgan fingerprint density at radius 1 is 1.08 bits per heavy atom. The van der Waals surface area contributed by atoms with Gasteiger partial charge in [-0.1, -0.05) is 48.5 Å². The Hall–Kier alpha value is -2.82. The molecular formula is C21H22N2O3. The molecule has 0 saturated carbocycles. The fraction of sp³-hybridized carbons (Fsp3) is 0.333. The molecule has 2 aliphatic rings. The summed E-state index contributed by atoms with van der Waals surface area (Å²) >= 11 is 0. The molecule has 0 bridgehead atoms. The Labute approximate surface area is 153 Å². The van der Waals surface area contributed by atoms with Crippen molar-refractivity contribution in [2.75, 3.05) is 19.6 Å². The Bertz CT molecular complexity index is 806. The Balaban J connectivity index is 1.40. The largest absolute Gasteiger partial charge is 0.489 e. The summed E-state index contributed by atoms with van der Waals surface area (Å²) in [5, 5.41) is 2.88. The van der Waals surface area contributed by atoms with Gasteiger partial charge in [0.15, 0.2) is 0 Å². The number of amides is 2. The van der Waals surface area contributed by atoms with E-state index in [0.29, 0.717) is 32.7 Å². The van der Waals surface area contributed by atoms with Gasteiger partial charge in [-0.3, -0.25) is 9.59 Å². The van der Waals surface area contributed by atoms with Crippen LogP contribution < -0.4 is 10.1 Å². The number of hydrogen-bond donors (Lipinski definition) is 1. The maximum absolute atomic E-state index is 12.7. The molecule has 2 amide bonds. The molecule has 134 valence electrons. The highest BCUT2D eigenvalue weighted by Gasteiger charge is 2.43. The van der Waals surface area contributed by atoms with Crippen molar-refractivity contribution in [3.05, 3.63) is 65.7 Å². The predicted molar refractivity (Wildman–Crippen MR) is 97.5 cm³/mol.